The maximum atomic E-state index is 13.0. The first kappa shape index (κ1) is 22.4. The van der Waals surface area contributed by atoms with Crippen LogP contribution in [0.5, 0.6) is 11.5 Å². The van der Waals surface area contributed by atoms with Crippen LogP contribution < -0.4 is 9.47 Å². The van der Waals surface area contributed by atoms with Gasteiger partial charge in [0.05, 0.1) is 37.5 Å². The summed E-state index contributed by atoms with van der Waals surface area (Å²) in [6.07, 6.45) is 0. The third kappa shape index (κ3) is 4.41. The van der Waals surface area contributed by atoms with Crippen LogP contribution in [0, 0.1) is 6.92 Å². The van der Waals surface area contributed by atoms with E-state index in [4.69, 9.17) is 14.2 Å². The number of rotatable bonds is 8. The number of carbonyl (C=O) groups is 2. The summed E-state index contributed by atoms with van der Waals surface area (Å²) in [5.41, 5.74) is 1.96. The van der Waals surface area contributed by atoms with Crippen molar-refractivity contribution < 1.29 is 28.9 Å². The summed E-state index contributed by atoms with van der Waals surface area (Å²) in [6.45, 7) is 4.76. The minimum atomic E-state index is -0.754. The van der Waals surface area contributed by atoms with Gasteiger partial charge in [-0.25, -0.2) is 0 Å². The number of nitrogens with zero attached hydrogens (tertiary/aromatic N) is 1. The summed E-state index contributed by atoms with van der Waals surface area (Å²) in [7, 11) is 3.02. The first-order valence-corrected chi connectivity index (χ1v) is 10.1. The molecule has 3 rings (SSSR count). The zero-order chi connectivity index (χ0) is 22.5. The van der Waals surface area contributed by atoms with E-state index in [1.807, 2.05) is 19.9 Å². The molecule has 1 N–H and O–H groups in total. The molecule has 7 nitrogen and oxygen atoms in total. The van der Waals surface area contributed by atoms with E-state index >= 15 is 0 Å². The predicted octanol–water partition coefficient (Wildman–Crippen LogP) is 3.47. The van der Waals surface area contributed by atoms with Crippen LogP contribution in [-0.4, -0.2) is 55.7 Å². The van der Waals surface area contributed by atoms with Crippen molar-refractivity contribution in [3.63, 3.8) is 0 Å². The van der Waals surface area contributed by atoms with Crippen LogP contribution in [-0.2, 0) is 14.3 Å². The molecule has 7 heteroatoms. The lowest BCUT2D eigenvalue weighted by molar-refractivity contribution is -0.140. The molecule has 1 aliphatic rings. The van der Waals surface area contributed by atoms with E-state index in [-0.39, 0.29) is 24.5 Å². The van der Waals surface area contributed by atoms with Crippen molar-refractivity contribution in [2.45, 2.75) is 19.9 Å². The molecule has 31 heavy (non-hydrogen) atoms. The first-order valence-electron chi connectivity index (χ1n) is 10.1. The van der Waals surface area contributed by atoms with Crippen molar-refractivity contribution in [1.82, 2.24) is 4.90 Å². The van der Waals surface area contributed by atoms with Crippen LogP contribution >= 0.6 is 0 Å². The quantitative estimate of drug-likeness (QED) is 0.396. The Morgan fingerprint density at radius 3 is 2.42 bits per heavy atom. The van der Waals surface area contributed by atoms with E-state index < -0.39 is 17.7 Å². The van der Waals surface area contributed by atoms with Gasteiger partial charge in [-0.3, -0.25) is 9.59 Å². The highest BCUT2D eigenvalue weighted by Gasteiger charge is 2.46. The molecule has 2 aromatic rings. The van der Waals surface area contributed by atoms with Gasteiger partial charge >= 0.3 is 0 Å². The number of hydrogen-bond acceptors (Lipinski definition) is 6. The molecule has 0 saturated carbocycles. The molecule has 1 unspecified atom stereocenters. The Morgan fingerprint density at radius 1 is 1.10 bits per heavy atom. The Hall–Kier alpha value is -3.32. The summed E-state index contributed by atoms with van der Waals surface area (Å²) in [5.74, 6) is -0.588. The number of Topliss-reactive ketones (excluding diaryl/α,β-unsaturated/α-hetero) is 1. The number of ether oxygens (including phenoxy) is 3. The van der Waals surface area contributed by atoms with Gasteiger partial charge in [0, 0.05) is 13.7 Å². The van der Waals surface area contributed by atoms with Crippen LogP contribution in [0.2, 0.25) is 0 Å². The molecule has 0 radical (unpaired) electrons. The van der Waals surface area contributed by atoms with Crippen LogP contribution in [0.1, 0.15) is 29.7 Å². The summed E-state index contributed by atoms with van der Waals surface area (Å²) in [4.78, 5) is 27.3. The lowest BCUT2D eigenvalue weighted by Crippen LogP contribution is -2.32. The maximum absolute atomic E-state index is 13.0. The molecule has 1 amide bonds. The van der Waals surface area contributed by atoms with Gasteiger partial charge in [0.15, 0.2) is 0 Å². The van der Waals surface area contributed by atoms with Gasteiger partial charge in [-0.2, -0.15) is 0 Å². The first-order chi connectivity index (χ1) is 14.9. The number of aliphatic hydroxyl groups excluding tert-OH is 1. The zero-order valence-electron chi connectivity index (χ0n) is 18.2. The van der Waals surface area contributed by atoms with Crippen LogP contribution in [0.4, 0.5) is 0 Å². The lowest BCUT2D eigenvalue weighted by Gasteiger charge is -2.25. The Balaban J connectivity index is 2.17. The van der Waals surface area contributed by atoms with E-state index in [1.165, 1.54) is 19.1 Å². The van der Waals surface area contributed by atoms with E-state index in [0.29, 0.717) is 29.2 Å². The van der Waals surface area contributed by atoms with Crippen molar-refractivity contribution in [2.24, 2.45) is 0 Å². The average molecular weight is 425 g/mol. The smallest absolute Gasteiger partial charge is 0.295 e. The van der Waals surface area contributed by atoms with Crippen LogP contribution in [0.25, 0.3) is 5.76 Å². The number of benzene rings is 2. The zero-order valence-corrected chi connectivity index (χ0v) is 18.2. The molecule has 164 valence electrons. The Morgan fingerprint density at radius 2 is 1.81 bits per heavy atom. The summed E-state index contributed by atoms with van der Waals surface area (Å²) < 4.78 is 16.0. The fourth-order valence-electron chi connectivity index (χ4n) is 3.71. The van der Waals surface area contributed by atoms with Gasteiger partial charge in [0.25, 0.3) is 11.7 Å². The largest absolute Gasteiger partial charge is 0.507 e. The average Bonchev–Trinajstić information content (AvgIpc) is 3.02. The second-order valence-corrected chi connectivity index (χ2v) is 7.19. The van der Waals surface area contributed by atoms with Gasteiger partial charge in [-0.05, 0) is 43.7 Å². The molecular formula is C24H27NO6. The number of hydrogen-bond donors (Lipinski definition) is 1. The molecule has 0 aromatic heterocycles. The minimum absolute atomic E-state index is 0.0224. The molecule has 1 fully saturated rings. The van der Waals surface area contributed by atoms with Gasteiger partial charge in [-0.15, -0.1) is 0 Å². The summed E-state index contributed by atoms with van der Waals surface area (Å²) in [5, 5.41) is 11.2. The number of likely N-dealkylation sites (tertiary alicyclic amines) is 1. The van der Waals surface area contributed by atoms with E-state index in [0.717, 1.165) is 5.56 Å². The van der Waals surface area contributed by atoms with Gasteiger partial charge < -0.3 is 24.2 Å². The number of aliphatic hydroxyl groups is 1. The number of amides is 1. The van der Waals surface area contributed by atoms with Crippen molar-refractivity contribution in [3.05, 3.63) is 64.7 Å². The Kier molecular flexibility index (Phi) is 6.97. The van der Waals surface area contributed by atoms with Crippen molar-refractivity contribution in [2.75, 3.05) is 34.0 Å². The monoisotopic (exact) mass is 425 g/mol. The SMILES string of the molecule is CCOc1ccc(C2/C(=C(\O)c3cc(C)ccc3OC)C(=O)C(=O)N2CCOC)cc1. The molecular weight excluding hydrogens is 398 g/mol. The molecule has 2 aromatic carbocycles. The minimum Gasteiger partial charge on any atom is -0.507 e. The fourth-order valence-corrected chi connectivity index (χ4v) is 3.71. The van der Waals surface area contributed by atoms with Gasteiger partial charge in [0.2, 0.25) is 0 Å². The predicted molar refractivity (Wildman–Crippen MR) is 116 cm³/mol. The number of carbonyl (C=O) groups excluding carboxylic acids is 2. The van der Waals surface area contributed by atoms with Crippen molar-refractivity contribution in [3.8, 4) is 11.5 Å². The van der Waals surface area contributed by atoms with Gasteiger partial charge in [-0.1, -0.05) is 23.8 Å². The highest BCUT2D eigenvalue weighted by Crippen LogP contribution is 2.41. The second kappa shape index (κ2) is 9.66. The van der Waals surface area contributed by atoms with Crippen LogP contribution in [0.3, 0.4) is 0 Å². The van der Waals surface area contributed by atoms with E-state index in [9.17, 15) is 14.7 Å². The van der Waals surface area contributed by atoms with E-state index in [1.54, 1.807) is 36.4 Å². The highest BCUT2D eigenvalue weighted by atomic mass is 16.5. The molecule has 1 atom stereocenters. The summed E-state index contributed by atoms with van der Waals surface area (Å²) >= 11 is 0. The Bertz CT molecular complexity index is 996. The molecule has 1 saturated heterocycles. The highest BCUT2D eigenvalue weighted by molar-refractivity contribution is 6.46. The van der Waals surface area contributed by atoms with Gasteiger partial charge in [0.1, 0.15) is 17.3 Å². The third-order valence-electron chi connectivity index (χ3n) is 5.19. The third-order valence-corrected chi connectivity index (χ3v) is 5.19. The lowest BCUT2D eigenvalue weighted by atomic mass is 9.94. The number of methoxy groups -OCH3 is 2. The number of aryl methyl sites for hydroxylation is 1. The second-order valence-electron chi connectivity index (χ2n) is 7.19. The summed E-state index contributed by atoms with van der Waals surface area (Å²) in [6, 6.07) is 11.7. The molecule has 1 heterocycles. The number of ketones is 1. The van der Waals surface area contributed by atoms with Crippen molar-refractivity contribution in [1.29, 1.82) is 0 Å². The van der Waals surface area contributed by atoms with Crippen LogP contribution in [0.15, 0.2) is 48.0 Å². The normalized spacial score (nSPS) is 17.8. The standard InChI is InChI=1S/C24H27NO6/c1-5-31-17-9-7-16(8-10-17)21-20(23(27)24(28)25(21)12-13-29-3)22(26)18-14-15(2)6-11-19(18)30-4/h6-11,14,21,26H,5,12-13H2,1-4H3/b22-20+. The van der Waals surface area contributed by atoms with Crippen molar-refractivity contribution >= 4 is 17.4 Å². The molecule has 0 spiro atoms. The molecule has 0 bridgehead atoms. The topological polar surface area (TPSA) is 85.3 Å². The fraction of sp³-hybridized carbons (Fsp3) is 0.333. The van der Waals surface area contributed by atoms with E-state index in [2.05, 4.69) is 0 Å². The Labute approximate surface area is 181 Å². The molecule has 1 aliphatic heterocycles. The molecule has 0 aliphatic carbocycles. The maximum Gasteiger partial charge on any atom is 0.295 e.